The summed E-state index contributed by atoms with van der Waals surface area (Å²) in [6, 6.07) is 14.6. The molecule has 1 saturated heterocycles. The zero-order valence-electron chi connectivity index (χ0n) is 15.4. The molecule has 28 heavy (non-hydrogen) atoms. The zero-order valence-corrected chi connectivity index (χ0v) is 17.0. The van der Waals surface area contributed by atoms with Crippen LogP contribution in [0, 0.1) is 6.92 Å². The Kier molecular flexibility index (Phi) is 6.54. The van der Waals surface area contributed by atoms with Crippen LogP contribution in [-0.4, -0.2) is 33.7 Å². The lowest BCUT2D eigenvalue weighted by Crippen LogP contribution is -2.33. The Morgan fingerprint density at radius 1 is 1.29 bits per heavy atom. The fourth-order valence-corrected chi connectivity index (χ4v) is 4.02. The Balaban J connectivity index is 1.74. The first-order chi connectivity index (χ1) is 13.5. The lowest BCUT2D eigenvalue weighted by atomic mass is 10.2. The Bertz CT molecular complexity index is 928. The quantitative estimate of drug-likeness (QED) is 0.692. The molecule has 3 rings (SSSR count). The van der Waals surface area contributed by atoms with Crippen LogP contribution < -0.4 is 5.32 Å². The third-order valence-electron chi connectivity index (χ3n) is 4.17. The van der Waals surface area contributed by atoms with Gasteiger partial charge in [0.1, 0.15) is 5.25 Å². The van der Waals surface area contributed by atoms with E-state index in [-0.39, 0.29) is 18.2 Å². The summed E-state index contributed by atoms with van der Waals surface area (Å²) in [4.78, 5) is 31.3. The number of amidine groups is 1. The molecule has 0 bridgehead atoms. The van der Waals surface area contributed by atoms with Gasteiger partial charge in [-0.3, -0.25) is 14.5 Å². The van der Waals surface area contributed by atoms with Crippen molar-refractivity contribution in [2.45, 2.75) is 18.6 Å². The van der Waals surface area contributed by atoms with Gasteiger partial charge in [-0.25, -0.2) is 4.99 Å². The number of nitrogens with zero attached hydrogens (tertiary/aromatic N) is 2. The van der Waals surface area contributed by atoms with Crippen molar-refractivity contribution >= 4 is 51.7 Å². The molecule has 1 aliphatic rings. The molecule has 0 unspecified atom stereocenters. The minimum atomic E-state index is -0.519. The van der Waals surface area contributed by atoms with Crippen LogP contribution in [-0.2, 0) is 9.59 Å². The lowest BCUT2D eigenvalue weighted by molar-refractivity contribution is -0.127. The molecule has 0 radical (unpaired) electrons. The molecule has 7 heteroatoms. The van der Waals surface area contributed by atoms with E-state index in [1.165, 1.54) is 11.8 Å². The van der Waals surface area contributed by atoms with Crippen molar-refractivity contribution in [1.29, 1.82) is 0 Å². The summed E-state index contributed by atoms with van der Waals surface area (Å²) in [5, 5.41) is 3.53. The number of rotatable bonds is 6. The van der Waals surface area contributed by atoms with E-state index in [0.29, 0.717) is 22.4 Å². The summed E-state index contributed by atoms with van der Waals surface area (Å²) in [5.41, 5.74) is 2.42. The summed E-state index contributed by atoms with van der Waals surface area (Å²) in [7, 11) is 0. The molecule has 0 saturated carbocycles. The molecular weight excluding hydrogens is 394 g/mol. The Hall–Kier alpha value is -2.57. The van der Waals surface area contributed by atoms with E-state index in [1.54, 1.807) is 35.2 Å². The largest absolute Gasteiger partial charge is 0.326 e. The van der Waals surface area contributed by atoms with E-state index >= 15 is 0 Å². The average molecular weight is 414 g/mol. The van der Waals surface area contributed by atoms with Crippen LogP contribution >= 0.6 is 23.4 Å². The van der Waals surface area contributed by atoms with Crippen molar-refractivity contribution in [3.05, 3.63) is 71.8 Å². The summed E-state index contributed by atoms with van der Waals surface area (Å²) in [6.45, 7) is 5.97. The number of hydrogen-bond donors (Lipinski definition) is 1. The van der Waals surface area contributed by atoms with Crippen LogP contribution in [0.15, 0.2) is 66.2 Å². The molecule has 0 aliphatic carbocycles. The van der Waals surface area contributed by atoms with Crippen molar-refractivity contribution in [3.63, 3.8) is 0 Å². The smallest absolute Gasteiger partial charge is 0.242 e. The van der Waals surface area contributed by atoms with Gasteiger partial charge in [0, 0.05) is 23.7 Å². The molecule has 5 nitrogen and oxygen atoms in total. The number of thioether (sulfide) groups is 1. The third-order valence-corrected chi connectivity index (χ3v) is 5.60. The number of anilines is 1. The van der Waals surface area contributed by atoms with Gasteiger partial charge in [0.2, 0.25) is 11.8 Å². The maximum absolute atomic E-state index is 12.8. The van der Waals surface area contributed by atoms with Crippen molar-refractivity contribution in [3.8, 4) is 0 Å². The van der Waals surface area contributed by atoms with Crippen molar-refractivity contribution < 1.29 is 9.59 Å². The van der Waals surface area contributed by atoms with Crippen LogP contribution in [0.1, 0.15) is 12.0 Å². The first kappa shape index (κ1) is 20.2. The van der Waals surface area contributed by atoms with Gasteiger partial charge in [0.25, 0.3) is 0 Å². The molecule has 1 N–H and O–H groups in total. The molecule has 2 aromatic carbocycles. The second kappa shape index (κ2) is 9.08. The van der Waals surface area contributed by atoms with Gasteiger partial charge >= 0.3 is 0 Å². The van der Waals surface area contributed by atoms with Gasteiger partial charge in [-0.15, -0.1) is 6.58 Å². The Morgan fingerprint density at radius 2 is 2.00 bits per heavy atom. The number of aliphatic imine (C=N–C) groups is 1. The summed E-state index contributed by atoms with van der Waals surface area (Å²) < 4.78 is 0. The highest BCUT2D eigenvalue weighted by molar-refractivity contribution is 8.15. The molecule has 1 heterocycles. The number of benzene rings is 2. The van der Waals surface area contributed by atoms with Gasteiger partial charge < -0.3 is 5.32 Å². The van der Waals surface area contributed by atoms with Gasteiger partial charge in [-0.2, -0.15) is 0 Å². The SMILES string of the molecule is C=CCN1C(=O)[C@@H](CC(=O)Nc2ccccc2C)SC1=Nc1ccc(Cl)cc1. The highest BCUT2D eigenvalue weighted by Gasteiger charge is 2.38. The highest BCUT2D eigenvalue weighted by atomic mass is 35.5. The summed E-state index contributed by atoms with van der Waals surface area (Å²) >= 11 is 7.21. The Morgan fingerprint density at radius 3 is 2.68 bits per heavy atom. The van der Waals surface area contributed by atoms with Crippen LogP contribution in [0.25, 0.3) is 0 Å². The Labute approximate surface area is 173 Å². The van der Waals surface area contributed by atoms with Crippen molar-refractivity contribution in [1.82, 2.24) is 4.90 Å². The van der Waals surface area contributed by atoms with Crippen LogP contribution in [0.4, 0.5) is 11.4 Å². The average Bonchev–Trinajstić information content (AvgIpc) is 2.94. The van der Waals surface area contributed by atoms with Crippen molar-refractivity contribution in [2.75, 3.05) is 11.9 Å². The van der Waals surface area contributed by atoms with E-state index in [9.17, 15) is 9.59 Å². The fraction of sp³-hybridized carbons (Fsp3) is 0.190. The number of aryl methyl sites for hydroxylation is 1. The van der Waals surface area contributed by atoms with E-state index < -0.39 is 5.25 Å². The number of hydrogen-bond acceptors (Lipinski definition) is 4. The number of carbonyl (C=O) groups is 2. The van der Waals surface area contributed by atoms with E-state index in [1.807, 2.05) is 31.2 Å². The number of carbonyl (C=O) groups excluding carboxylic acids is 2. The van der Waals surface area contributed by atoms with Crippen LogP contribution in [0.2, 0.25) is 5.02 Å². The van der Waals surface area contributed by atoms with Gasteiger partial charge in [0.05, 0.1) is 5.69 Å². The van der Waals surface area contributed by atoms with Gasteiger partial charge in [-0.05, 0) is 42.8 Å². The predicted octanol–water partition coefficient (Wildman–Crippen LogP) is 4.79. The number of halogens is 1. The first-order valence-corrected chi connectivity index (χ1v) is 10.0. The lowest BCUT2D eigenvalue weighted by Gasteiger charge is -2.14. The second-order valence-corrected chi connectivity index (χ2v) is 7.89. The van der Waals surface area contributed by atoms with E-state index in [2.05, 4.69) is 16.9 Å². The molecule has 144 valence electrons. The molecular formula is C21H20ClN3O2S. The van der Waals surface area contributed by atoms with Gasteiger partial charge in [-0.1, -0.05) is 47.6 Å². The molecule has 2 amide bonds. The maximum Gasteiger partial charge on any atom is 0.242 e. The fourth-order valence-electron chi connectivity index (χ4n) is 2.73. The third kappa shape index (κ3) is 4.82. The maximum atomic E-state index is 12.8. The molecule has 1 atom stereocenters. The standard InChI is InChI=1S/C21H20ClN3O2S/c1-3-12-25-20(27)18(13-19(26)24-17-7-5-4-6-14(17)2)28-21(25)23-16-10-8-15(22)9-11-16/h3-11,18H,1,12-13H2,2H3,(H,24,26)/t18-/m1/s1. The minimum Gasteiger partial charge on any atom is -0.326 e. The highest BCUT2D eigenvalue weighted by Crippen LogP contribution is 2.32. The monoisotopic (exact) mass is 413 g/mol. The minimum absolute atomic E-state index is 0.0745. The van der Waals surface area contributed by atoms with Crippen LogP contribution in [0.3, 0.4) is 0 Å². The zero-order chi connectivity index (χ0) is 20.1. The molecule has 1 fully saturated rings. The normalized spacial score (nSPS) is 17.8. The number of nitrogens with one attached hydrogen (secondary N) is 1. The molecule has 1 aliphatic heterocycles. The van der Waals surface area contributed by atoms with E-state index in [4.69, 9.17) is 11.6 Å². The summed E-state index contributed by atoms with van der Waals surface area (Å²) in [6.07, 6.45) is 1.72. The van der Waals surface area contributed by atoms with Crippen molar-refractivity contribution in [2.24, 2.45) is 4.99 Å². The van der Waals surface area contributed by atoms with Crippen LogP contribution in [0.5, 0.6) is 0 Å². The second-order valence-electron chi connectivity index (χ2n) is 6.28. The molecule has 2 aromatic rings. The van der Waals surface area contributed by atoms with Gasteiger partial charge in [0.15, 0.2) is 5.17 Å². The summed E-state index contributed by atoms with van der Waals surface area (Å²) in [5.74, 6) is -0.344. The predicted molar refractivity (Wildman–Crippen MR) is 116 cm³/mol. The first-order valence-electron chi connectivity index (χ1n) is 8.76. The number of para-hydroxylation sites is 1. The van der Waals surface area contributed by atoms with E-state index in [0.717, 1.165) is 11.3 Å². The topological polar surface area (TPSA) is 61.8 Å². The molecule has 0 spiro atoms. The molecule has 0 aromatic heterocycles. The number of amides is 2.